The molecule has 3 aromatic rings. The predicted octanol–water partition coefficient (Wildman–Crippen LogP) is 10.1. The highest BCUT2D eigenvalue weighted by molar-refractivity contribution is 6.30. The van der Waals surface area contributed by atoms with Crippen LogP contribution in [0.25, 0.3) is 0 Å². The molecule has 0 aromatic heterocycles. The van der Waals surface area contributed by atoms with Crippen LogP contribution in [0.1, 0.15) is 86.1 Å². The van der Waals surface area contributed by atoms with Crippen LogP contribution in [0.3, 0.4) is 0 Å². The summed E-state index contributed by atoms with van der Waals surface area (Å²) in [5, 5.41) is 0.669. The van der Waals surface area contributed by atoms with Gasteiger partial charge in [-0.25, -0.2) is 8.78 Å². The summed E-state index contributed by atoms with van der Waals surface area (Å²) in [4.78, 5) is 0. The van der Waals surface area contributed by atoms with Gasteiger partial charge in [-0.3, -0.25) is 0 Å². The molecule has 0 heterocycles. The van der Waals surface area contributed by atoms with E-state index < -0.39 is 11.6 Å². The summed E-state index contributed by atoms with van der Waals surface area (Å²) in [6.07, 6.45) is 13.9. The van der Waals surface area contributed by atoms with E-state index in [1.54, 1.807) is 12.1 Å². The average Bonchev–Trinajstić information content (AvgIpc) is 2.91. The highest BCUT2D eigenvalue weighted by Crippen LogP contribution is 2.34. The molecule has 37 heavy (non-hydrogen) atoms. The highest BCUT2D eigenvalue weighted by Gasteiger charge is 2.21. The summed E-state index contributed by atoms with van der Waals surface area (Å²) in [6.45, 7) is 2.24. The van der Waals surface area contributed by atoms with Crippen molar-refractivity contribution in [2.45, 2.75) is 90.4 Å². The molecule has 0 nitrogen and oxygen atoms in total. The standard InChI is InChI=1S/C34H41ClF2/c1-2-3-4-25-5-7-26(8-6-25)9-10-27-11-13-28(14-12-27)15-16-30-23-33(36)32(34(37)24-30)22-19-29-17-20-31(35)21-18-29/h5-8,17-18,20-21,23-24,27-28H,2-4,9-16,19,22H2,1H3. The lowest BCUT2D eigenvalue weighted by Gasteiger charge is -2.28. The first-order valence-corrected chi connectivity index (χ1v) is 14.7. The maximum atomic E-state index is 14.7. The third kappa shape index (κ3) is 8.67. The number of hydrogen-bond donors (Lipinski definition) is 0. The van der Waals surface area contributed by atoms with Gasteiger partial charge in [-0.2, -0.15) is 0 Å². The maximum Gasteiger partial charge on any atom is 0.129 e. The van der Waals surface area contributed by atoms with Crippen molar-refractivity contribution in [3.63, 3.8) is 0 Å². The first-order chi connectivity index (χ1) is 18.0. The van der Waals surface area contributed by atoms with Gasteiger partial charge in [-0.05, 0) is 110 Å². The summed E-state index contributed by atoms with van der Waals surface area (Å²) in [5.74, 6) is 0.660. The molecular weight excluding hydrogens is 482 g/mol. The molecule has 0 spiro atoms. The van der Waals surface area contributed by atoms with Crippen molar-refractivity contribution in [2.24, 2.45) is 11.8 Å². The number of rotatable bonds is 12. The predicted molar refractivity (Wildman–Crippen MR) is 152 cm³/mol. The normalized spacial score (nSPS) is 17.7. The fourth-order valence-corrected chi connectivity index (χ4v) is 5.89. The fourth-order valence-electron chi connectivity index (χ4n) is 5.76. The van der Waals surface area contributed by atoms with E-state index in [4.69, 9.17) is 11.6 Å². The number of hydrogen-bond acceptors (Lipinski definition) is 0. The zero-order chi connectivity index (χ0) is 26.0. The van der Waals surface area contributed by atoms with Gasteiger partial charge >= 0.3 is 0 Å². The minimum absolute atomic E-state index is 0.190. The third-order valence-corrected chi connectivity index (χ3v) is 8.52. The molecule has 0 N–H and O–H groups in total. The summed E-state index contributed by atoms with van der Waals surface area (Å²) in [5.41, 5.74) is 4.93. The summed E-state index contributed by atoms with van der Waals surface area (Å²) >= 11 is 5.92. The Morgan fingerprint density at radius 3 is 1.62 bits per heavy atom. The number of halogens is 3. The Balaban J connectivity index is 1.18. The Morgan fingerprint density at radius 1 is 0.622 bits per heavy atom. The van der Waals surface area contributed by atoms with Crippen LogP contribution in [0.4, 0.5) is 8.78 Å². The third-order valence-electron chi connectivity index (χ3n) is 8.27. The van der Waals surface area contributed by atoms with Gasteiger partial charge in [-0.15, -0.1) is 0 Å². The van der Waals surface area contributed by atoms with Gasteiger partial charge in [0.1, 0.15) is 11.6 Å². The molecule has 4 rings (SSSR count). The average molecular weight is 523 g/mol. The quantitative estimate of drug-likeness (QED) is 0.222. The minimum Gasteiger partial charge on any atom is -0.207 e. The van der Waals surface area contributed by atoms with Crippen LogP contribution >= 0.6 is 11.6 Å². The van der Waals surface area contributed by atoms with Gasteiger partial charge in [0.05, 0.1) is 0 Å². The van der Waals surface area contributed by atoms with Gasteiger partial charge in [0.2, 0.25) is 0 Å². The molecule has 0 unspecified atom stereocenters. The van der Waals surface area contributed by atoms with E-state index in [9.17, 15) is 8.78 Å². The molecule has 1 aliphatic carbocycles. The molecule has 0 aliphatic heterocycles. The summed E-state index contributed by atoms with van der Waals surface area (Å²) in [6, 6.07) is 19.8. The van der Waals surface area contributed by atoms with E-state index in [1.165, 1.54) is 68.9 Å². The lowest BCUT2D eigenvalue weighted by molar-refractivity contribution is 0.253. The Labute approximate surface area is 227 Å². The number of benzene rings is 3. The fraction of sp³-hybridized carbons (Fsp3) is 0.471. The van der Waals surface area contributed by atoms with Crippen molar-refractivity contribution in [1.82, 2.24) is 0 Å². The molecule has 0 radical (unpaired) electrons. The van der Waals surface area contributed by atoms with E-state index in [-0.39, 0.29) is 5.56 Å². The molecule has 0 amide bonds. The lowest BCUT2D eigenvalue weighted by atomic mass is 9.77. The van der Waals surface area contributed by atoms with Crippen molar-refractivity contribution in [3.05, 3.63) is 105 Å². The molecule has 0 saturated heterocycles. The molecule has 198 valence electrons. The van der Waals surface area contributed by atoms with Gasteiger partial charge in [0.15, 0.2) is 0 Å². The van der Waals surface area contributed by atoms with E-state index in [2.05, 4.69) is 31.2 Å². The first kappa shape index (κ1) is 27.8. The smallest absolute Gasteiger partial charge is 0.129 e. The van der Waals surface area contributed by atoms with Crippen molar-refractivity contribution in [3.8, 4) is 0 Å². The zero-order valence-corrected chi connectivity index (χ0v) is 23.0. The molecule has 1 saturated carbocycles. The molecule has 1 aliphatic rings. The van der Waals surface area contributed by atoms with Crippen molar-refractivity contribution in [2.75, 3.05) is 0 Å². The second-order valence-corrected chi connectivity index (χ2v) is 11.5. The van der Waals surface area contributed by atoms with Gasteiger partial charge < -0.3 is 0 Å². The largest absolute Gasteiger partial charge is 0.207 e. The van der Waals surface area contributed by atoms with Crippen LogP contribution in [0.5, 0.6) is 0 Å². The Morgan fingerprint density at radius 2 is 1.08 bits per heavy atom. The Hall–Kier alpha value is -2.19. The number of unbranched alkanes of at least 4 members (excludes halogenated alkanes) is 1. The molecule has 0 bridgehead atoms. The Kier molecular flexibility index (Phi) is 10.6. The molecule has 3 aromatic carbocycles. The van der Waals surface area contributed by atoms with E-state index >= 15 is 0 Å². The van der Waals surface area contributed by atoms with Crippen LogP contribution in [0.2, 0.25) is 5.02 Å². The number of aryl methyl sites for hydroxylation is 4. The minimum atomic E-state index is -0.411. The topological polar surface area (TPSA) is 0 Å². The van der Waals surface area contributed by atoms with Crippen LogP contribution < -0.4 is 0 Å². The van der Waals surface area contributed by atoms with Crippen molar-refractivity contribution < 1.29 is 8.78 Å². The van der Waals surface area contributed by atoms with E-state index in [0.717, 1.165) is 29.9 Å². The van der Waals surface area contributed by atoms with E-state index in [0.29, 0.717) is 23.8 Å². The van der Waals surface area contributed by atoms with Crippen molar-refractivity contribution in [1.29, 1.82) is 0 Å². The zero-order valence-electron chi connectivity index (χ0n) is 22.3. The molecular formula is C34H41ClF2. The maximum absolute atomic E-state index is 14.7. The molecule has 0 atom stereocenters. The Bertz CT molecular complexity index is 1070. The second kappa shape index (κ2) is 14.1. The summed E-state index contributed by atoms with van der Waals surface area (Å²) in [7, 11) is 0. The van der Waals surface area contributed by atoms with Crippen molar-refractivity contribution >= 4 is 11.6 Å². The summed E-state index contributed by atoms with van der Waals surface area (Å²) < 4.78 is 29.5. The SMILES string of the molecule is CCCCc1ccc(CCC2CCC(CCc3cc(F)c(CCc4ccc(Cl)cc4)c(F)c3)CC2)cc1. The van der Waals surface area contributed by atoms with Crippen LogP contribution in [-0.4, -0.2) is 0 Å². The van der Waals surface area contributed by atoms with Gasteiger partial charge in [0, 0.05) is 10.6 Å². The van der Waals surface area contributed by atoms with Gasteiger partial charge in [-0.1, -0.05) is 87.0 Å². The van der Waals surface area contributed by atoms with Crippen LogP contribution in [-0.2, 0) is 32.1 Å². The van der Waals surface area contributed by atoms with Crippen LogP contribution in [0.15, 0.2) is 60.7 Å². The second-order valence-electron chi connectivity index (χ2n) is 11.0. The molecule has 3 heteroatoms. The van der Waals surface area contributed by atoms with Crippen LogP contribution in [0, 0.1) is 23.5 Å². The highest BCUT2D eigenvalue weighted by atomic mass is 35.5. The first-order valence-electron chi connectivity index (χ1n) is 14.3. The lowest BCUT2D eigenvalue weighted by Crippen LogP contribution is -2.16. The monoisotopic (exact) mass is 522 g/mol. The van der Waals surface area contributed by atoms with Gasteiger partial charge in [0.25, 0.3) is 0 Å². The molecule has 1 fully saturated rings. The van der Waals surface area contributed by atoms with E-state index in [1.807, 2.05) is 24.3 Å².